The summed E-state index contributed by atoms with van der Waals surface area (Å²) in [7, 11) is 1.73. The molecule has 100 valence electrons. The Kier molecular flexibility index (Phi) is 4.28. The van der Waals surface area contributed by atoms with Crippen molar-refractivity contribution in [3.8, 4) is 5.75 Å². The predicted molar refractivity (Wildman–Crippen MR) is 75.8 cm³/mol. The molecule has 2 rings (SSSR count). The zero-order valence-corrected chi connectivity index (χ0v) is 11.8. The molecule has 0 aliphatic heterocycles. The van der Waals surface area contributed by atoms with Gasteiger partial charge in [0.15, 0.2) is 0 Å². The van der Waals surface area contributed by atoms with Crippen LogP contribution >= 0.6 is 0 Å². The first kappa shape index (κ1) is 13.4. The maximum absolute atomic E-state index is 6.50. The van der Waals surface area contributed by atoms with Crippen molar-refractivity contribution in [1.29, 1.82) is 0 Å². The van der Waals surface area contributed by atoms with Crippen LogP contribution in [0, 0.1) is 18.8 Å². The van der Waals surface area contributed by atoms with Crippen LogP contribution in [0.3, 0.4) is 0 Å². The molecule has 2 nitrogen and oxygen atoms in total. The van der Waals surface area contributed by atoms with Gasteiger partial charge in [0, 0.05) is 11.6 Å². The summed E-state index contributed by atoms with van der Waals surface area (Å²) in [6, 6.07) is 6.42. The van der Waals surface area contributed by atoms with Crippen LogP contribution in [0.4, 0.5) is 0 Å². The average molecular weight is 247 g/mol. The normalized spacial score (nSPS) is 25.8. The Labute approximate surface area is 111 Å². The van der Waals surface area contributed by atoms with Crippen LogP contribution in [-0.2, 0) is 0 Å². The maximum atomic E-state index is 6.50. The number of nitrogens with two attached hydrogens (primary N) is 1. The Bertz CT molecular complexity index is 402. The highest BCUT2D eigenvalue weighted by atomic mass is 16.5. The predicted octanol–water partition coefficient (Wildman–Crippen LogP) is 3.83. The molecule has 3 atom stereocenters. The minimum absolute atomic E-state index is 0.114. The monoisotopic (exact) mass is 247 g/mol. The van der Waals surface area contributed by atoms with Crippen LogP contribution in [0.5, 0.6) is 5.75 Å². The Morgan fingerprint density at radius 2 is 2.11 bits per heavy atom. The second-order valence-corrected chi connectivity index (χ2v) is 5.80. The van der Waals surface area contributed by atoms with E-state index in [4.69, 9.17) is 10.5 Å². The van der Waals surface area contributed by atoms with Crippen molar-refractivity contribution >= 4 is 0 Å². The molecule has 0 spiro atoms. The zero-order valence-electron chi connectivity index (χ0n) is 11.8. The largest absolute Gasteiger partial charge is 0.496 e. The first-order valence-corrected chi connectivity index (χ1v) is 7.02. The van der Waals surface area contributed by atoms with Crippen molar-refractivity contribution in [2.24, 2.45) is 17.6 Å². The number of benzene rings is 1. The molecule has 2 heteroatoms. The molecule has 0 aromatic heterocycles. The molecule has 1 aliphatic rings. The molecular weight excluding hydrogens is 222 g/mol. The first-order valence-electron chi connectivity index (χ1n) is 7.02. The van der Waals surface area contributed by atoms with Gasteiger partial charge in [0.1, 0.15) is 5.75 Å². The van der Waals surface area contributed by atoms with E-state index in [2.05, 4.69) is 26.0 Å². The molecule has 0 radical (unpaired) electrons. The number of aryl methyl sites for hydroxylation is 1. The van der Waals surface area contributed by atoms with Gasteiger partial charge >= 0.3 is 0 Å². The van der Waals surface area contributed by atoms with Crippen LogP contribution in [-0.4, -0.2) is 7.11 Å². The Morgan fingerprint density at radius 3 is 2.78 bits per heavy atom. The summed E-state index contributed by atoms with van der Waals surface area (Å²) in [5.41, 5.74) is 8.93. The number of hydrogen-bond donors (Lipinski definition) is 1. The van der Waals surface area contributed by atoms with Crippen LogP contribution in [0.15, 0.2) is 18.2 Å². The third-order valence-electron chi connectivity index (χ3n) is 4.23. The van der Waals surface area contributed by atoms with Gasteiger partial charge in [-0.15, -0.1) is 0 Å². The lowest BCUT2D eigenvalue weighted by Crippen LogP contribution is -2.26. The van der Waals surface area contributed by atoms with Crippen molar-refractivity contribution in [2.45, 2.75) is 45.6 Å². The summed E-state index contributed by atoms with van der Waals surface area (Å²) in [5.74, 6) is 2.35. The highest BCUT2D eigenvalue weighted by Gasteiger charge is 2.27. The number of hydrogen-bond acceptors (Lipinski definition) is 2. The molecule has 2 N–H and O–H groups in total. The Hall–Kier alpha value is -1.02. The quantitative estimate of drug-likeness (QED) is 0.881. The molecule has 0 heterocycles. The highest BCUT2D eigenvalue weighted by Crippen LogP contribution is 2.38. The van der Waals surface area contributed by atoms with E-state index in [0.717, 1.165) is 11.7 Å². The summed E-state index contributed by atoms with van der Waals surface area (Å²) >= 11 is 0. The SMILES string of the molecule is COc1ccc(C)cc1C(N)C1CCCC(C)C1. The summed E-state index contributed by atoms with van der Waals surface area (Å²) in [6.07, 6.45) is 5.17. The lowest BCUT2D eigenvalue weighted by molar-refractivity contribution is 0.245. The molecule has 3 unspecified atom stereocenters. The Balaban J connectivity index is 2.21. The van der Waals surface area contributed by atoms with Crippen molar-refractivity contribution < 1.29 is 4.74 Å². The molecule has 1 aromatic carbocycles. The van der Waals surface area contributed by atoms with E-state index < -0.39 is 0 Å². The fourth-order valence-electron chi connectivity index (χ4n) is 3.18. The fourth-order valence-corrected chi connectivity index (χ4v) is 3.18. The van der Waals surface area contributed by atoms with Crippen LogP contribution in [0.25, 0.3) is 0 Å². The fraction of sp³-hybridized carbons (Fsp3) is 0.625. The van der Waals surface area contributed by atoms with Gasteiger partial charge in [0.2, 0.25) is 0 Å². The third-order valence-corrected chi connectivity index (χ3v) is 4.23. The van der Waals surface area contributed by atoms with E-state index in [0.29, 0.717) is 5.92 Å². The van der Waals surface area contributed by atoms with E-state index in [1.807, 2.05) is 6.07 Å². The summed E-state index contributed by atoms with van der Waals surface area (Å²) in [4.78, 5) is 0. The molecule has 18 heavy (non-hydrogen) atoms. The van der Waals surface area contributed by atoms with E-state index >= 15 is 0 Å². The molecule has 0 amide bonds. The molecule has 1 aliphatic carbocycles. The summed E-state index contributed by atoms with van der Waals surface area (Å²) in [5, 5.41) is 0. The molecule has 1 aromatic rings. The van der Waals surface area contributed by atoms with Crippen molar-refractivity contribution in [3.63, 3.8) is 0 Å². The second kappa shape index (κ2) is 5.75. The van der Waals surface area contributed by atoms with Gasteiger partial charge in [-0.3, -0.25) is 0 Å². The third kappa shape index (κ3) is 2.86. The molecule has 1 saturated carbocycles. The molecule has 1 fully saturated rings. The van der Waals surface area contributed by atoms with E-state index in [1.54, 1.807) is 7.11 Å². The van der Waals surface area contributed by atoms with Crippen molar-refractivity contribution in [2.75, 3.05) is 7.11 Å². The van der Waals surface area contributed by atoms with Gasteiger partial charge < -0.3 is 10.5 Å². The Morgan fingerprint density at radius 1 is 1.33 bits per heavy atom. The summed E-state index contributed by atoms with van der Waals surface area (Å²) < 4.78 is 5.46. The number of methoxy groups -OCH3 is 1. The number of rotatable bonds is 3. The lowest BCUT2D eigenvalue weighted by atomic mass is 9.77. The van der Waals surface area contributed by atoms with Gasteiger partial charge in [-0.1, -0.05) is 37.5 Å². The molecule has 0 saturated heterocycles. The van der Waals surface area contributed by atoms with E-state index in [-0.39, 0.29) is 6.04 Å². The van der Waals surface area contributed by atoms with Gasteiger partial charge in [-0.2, -0.15) is 0 Å². The summed E-state index contributed by atoms with van der Waals surface area (Å²) in [6.45, 7) is 4.45. The van der Waals surface area contributed by atoms with E-state index in [1.165, 1.54) is 36.8 Å². The standard InChI is InChI=1S/C16H25NO/c1-11-5-4-6-13(9-11)16(17)14-10-12(2)7-8-15(14)18-3/h7-8,10-11,13,16H,4-6,9,17H2,1-3H3. The van der Waals surface area contributed by atoms with E-state index in [9.17, 15) is 0 Å². The van der Waals surface area contributed by atoms with Gasteiger partial charge in [-0.25, -0.2) is 0 Å². The van der Waals surface area contributed by atoms with Gasteiger partial charge in [0.05, 0.1) is 7.11 Å². The average Bonchev–Trinajstić information content (AvgIpc) is 2.38. The van der Waals surface area contributed by atoms with Crippen LogP contribution < -0.4 is 10.5 Å². The first-order chi connectivity index (χ1) is 8.61. The highest BCUT2D eigenvalue weighted by molar-refractivity contribution is 5.39. The lowest BCUT2D eigenvalue weighted by Gasteiger charge is -2.32. The minimum atomic E-state index is 0.114. The van der Waals surface area contributed by atoms with Crippen LogP contribution in [0.2, 0.25) is 0 Å². The van der Waals surface area contributed by atoms with Crippen molar-refractivity contribution in [1.82, 2.24) is 0 Å². The second-order valence-electron chi connectivity index (χ2n) is 5.80. The smallest absolute Gasteiger partial charge is 0.123 e. The van der Waals surface area contributed by atoms with Gasteiger partial charge in [0.25, 0.3) is 0 Å². The number of ether oxygens (including phenoxy) is 1. The van der Waals surface area contributed by atoms with Crippen LogP contribution in [0.1, 0.15) is 49.8 Å². The van der Waals surface area contributed by atoms with Crippen molar-refractivity contribution in [3.05, 3.63) is 29.3 Å². The molecule has 0 bridgehead atoms. The minimum Gasteiger partial charge on any atom is -0.496 e. The van der Waals surface area contributed by atoms with Gasteiger partial charge in [-0.05, 0) is 37.7 Å². The topological polar surface area (TPSA) is 35.2 Å². The zero-order chi connectivity index (χ0) is 13.1. The molecular formula is C16H25NO. The maximum Gasteiger partial charge on any atom is 0.123 e.